The van der Waals surface area contributed by atoms with Gasteiger partial charge >= 0.3 is 0 Å². The maximum absolute atomic E-state index is 3.00. The SMILES string of the molecule is C=C.CCCC.N.N. The predicted octanol–water partition coefficient (Wildman–Crippen LogP) is 2.93. The van der Waals surface area contributed by atoms with E-state index in [0.29, 0.717) is 0 Å². The molecule has 0 atom stereocenters. The Morgan fingerprint density at radius 2 is 1.00 bits per heavy atom. The van der Waals surface area contributed by atoms with Crippen molar-refractivity contribution in [3.63, 3.8) is 0 Å². The molecule has 54 valence electrons. The lowest BCUT2D eigenvalue weighted by Crippen LogP contribution is -1.47. The van der Waals surface area contributed by atoms with Crippen LogP contribution in [0, 0.1) is 0 Å². The topological polar surface area (TPSA) is 70.0 Å². The largest absolute Gasteiger partial charge is 0.344 e. The summed E-state index contributed by atoms with van der Waals surface area (Å²) in [5.74, 6) is 0. The molecule has 0 saturated carbocycles. The Balaban J connectivity index is -0.0000000183. The summed E-state index contributed by atoms with van der Waals surface area (Å²) >= 11 is 0. The maximum Gasteiger partial charge on any atom is -0.0564 e. The van der Waals surface area contributed by atoms with E-state index in [9.17, 15) is 0 Å². The molecule has 0 aliphatic carbocycles. The van der Waals surface area contributed by atoms with Gasteiger partial charge in [-0.3, -0.25) is 0 Å². The van der Waals surface area contributed by atoms with Gasteiger partial charge in [-0.25, -0.2) is 0 Å². The van der Waals surface area contributed by atoms with Crippen LogP contribution >= 0.6 is 0 Å². The number of hydrogen-bond acceptors (Lipinski definition) is 2. The van der Waals surface area contributed by atoms with Crippen molar-refractivity contribution in [1.29, 1.82) is 0 Å². The van der Waals surface area contributed by atoms with Crippen molar-refractivity contribution < 1.29 is 0 Å². The second-order valence-electron chi connectivity index (χ2n) is 1.000. The van der Waals surface area contributed by atoms with Crippen LogP contribution < -0.4 is 12.3 Å². The minimum atomic E-state index is 0. The fourth-order valence-corrected chi connectivity index (χ4v) is 0. The van der Waals surface area contributed by atoms with E-state index in [2.05, 4.69) is 27.0 Å². The van der Waals surface area contributed by atoms with Crippen molar-refractivity contribution in [3.8, 4) is 0 Å². The summed E-state index contributed by atoms with van der Waals surface area (Å²) in [5, 5.41) is 0. The van der Waals surface area contributed by atoms with Gasteiger partial charge in [0.1, 0.15) is 0 Å². The molecule has 0 amide bonds. The molecule has 0 saturated heterocycles. The molecule has 6 N–H and O–H groups in total. The molecule has 2 heteroatoms. The lowest BCUT2D eigenvalue weighted by molar-refractivity contribution is 0.886. The summed E-state index contributed by atoms with van der Waals surface area (Å²) in [6.45, 7) is 10.4. The minimum absolute atomic E-state index is 0. The summed E-state index contributed by atoms with van der Waals surface area (Å²) in [7, 11) is 0. The highest BCUT2D eigenvalue weighted by atomic mass is 14.0. The first kappa shape index (κ1) is 25.4. The Kier molecular flexibility index (Phi) is 245. The number of hydrogen-bond donors (Lipinski definition) is 2. The highest BCUT2D eigenvalue weighted by molar-refractivity contribution is 4.22. The lowest BCUT2D eigenvalue weighted by atomic mass is 10.4. The van der Waals surface area contributed by atoms with Crippen LogP contribution in [0.4, 0.5) is 0 Å². The Bertz CT molecular complexity index is 14.0. The Morgan fingerprint density at radius 1 is 0.875 bits per heavy atom. The van der Waals surface area contributed by atoms with Gasteiger partial charge in [-0.15, -0.1) is 13.2 Å². The van der Waals surface area contributed by atoms with Gasteiger partial charge in [-0.2, -0.15) is 0 Å². The van der Waals surface area contributed by atoms with Crippen LogP contribution in [0.15, 0.2) is 13.2 Å². The van der Waals surface area contributed by atoms with Gasteiger partial charge in [0.2, 0.25) is 0 Å². The molecule has 0 heterocycles. The van der Waals surface area contributed by atoms with Crippen LogP contribution in [0.25, 0.3) is 0 Å². The Labute approximate surface area is 53.2 Å². The van der Waals surface area contributed by atoms with Gasteiger partial charge in [0.25, 0.3) is 0 Å². The first-order valence-corrected chi connectivity index (χ1v) is 2.41. The van der Waals surface area contributed by atoms with Gasteiger partial charge in [0.05, 0.1) is 0 Å². The van der Waals surface area contributed by atoms with E-state index in [4.69, 9.17) is 0 Å². The molecular weight excluding hydrogens is 100 g/mol. The monoisotopic (exact) mass is 120 g/mol. The van der Waals surface area contributed by atoms with Gasteiger partial charge in [-0.1, -0.05) is 26.7 Å². The molecule has 2 nitrogen and oxygen atoms in total. The summed E-state index contributed by atoms with van der Waals surface area (Å²) in [6.07, 6.45) is 2.64. The van der Waals surface area contributed by atoms with Crippen molar-refractivity contribution in [3.05, 3.63) is 13.2 Å². The summed E-state index contributed by atoms with van der Waals surface area (Å²) < 4.78 is 0. The van der Waals surface area contributed by atoms with Gasteiger partial charge in [0.15, 0.2) is 0 Å². The zero-order chi connectivity index (χ0) is 5.41. The zero-order valence-corrected chi connectivity index (χ0v) is 6.24. The van der Waals surface area contributed by atoms with Crippen LogP contribution in [-0.2, 0) is 0 Å². The number of unbranched alkanes of at least 4 members (excludes halogenated alkanes) is 1. The third-order valence-corrected chi connectivity index (χ3v) is 0.500. The van der Waals surface area contributed by atoms with E-state index in [-0.39, 0.29) is 12.3 Å². The molecule has 0 aromatic carbocycles. The fraction of sp³-hybridized carbons (Fsp3) is 0.667. The van der Waals surface area contributed by atoms with Crippen LogP contribution in [0.5, 0.6) is 0 Å². The molecule has 8 heavy (non-hydrogen) atoms. The molecule has 0 rings (SSSR count). The normalized spacial score (nSPS) is 4.25. The third-order valence-electron chi connectivity index (χ3n) is 0.500. The van der Waals surface area contributed by atoms with E-state index in [1.807, 2.05) is 0 Å². The van der Waals surface area contributed by atoms with Crippen LogP contribution in [0.3, 0.4) is 0 Å². The van der Waals surface area contributed by atoms with Crippen molar-refractivity contribution >= 4 is 0 Å². The standard InChI is InChI=1S/C4H10.C2H4.2H3N/c1-3-4-2;1-2;;/h3-4H2,1-2H3;1-2H2;2*1H3. The number of rotatable bonds is 1. The maximum atomic E-state index is 3.00. The van der Waals surface area contributed by atoms with Crippen molar-refractivity contribution in [2.45, 2.75) is 26.7 Å². The lowest BCUT2D eigenvalue weighted by Gasteiger charge is -1.68. The average Bonchev–Trinajstić information content (AvgIpc) is 1.72. The second-order valence-corrected chi connectivity index (χ2v) is 1.000. The molecule has 0 bridgehead atoms. The molecule has 0 aliphatic rings. The molecule has 0 fully saturated rings. The smallest absolute Gasteiger partial charge is 0.0564 e. The van der Waals surface area contributed by atoms with Crippen LogP contribution in [-0.4, -0.2) is 0 Å². The Hall–Kier alpha value is -0.340. The van der Waals surface area contributed by atoms with Gasteiger partial charge in [0, 0.05) is 0 Å². The van der Waals surface area contributed by atoms with E-state index >= 15 is 0 Å². The van der Waals surface area contributed by atoms with Gasteiger partial charge < -0.3 is 12.3 Å². The minimum Gasteiger partial charge on any atom is -0.344 e. The summed E-state index contributed by atoms with van der Waals surface area (Å²) in [6, 6.07) is 0. The second kappa shape index (κ2) is 77.4. The first-order valence-electron chi connectivity index (χ1n) is 2.41. The van der Waals surface area contributed by atoms with Crippen LogP contribution in [0.2, 0.25) is 0 Å². The van der Waals surface area contributed by atoms with Crippen molar-refractivity contribution in [1.82, 2.24) is 12.3 Å². The van der Waals surface area contributed by atoms with E-state index < -0.39 is 0 Å². The van der Waals surface area contributed by atoms with E-state index in [0.717, 1.165) is 0 Å². The molecule has 0 aromatic rings. The highest BCUT2D eigenvalue weighted by Gasteiger charge is 1.56. The fourth-order valence-electron chi connectivity index (χ4n) is 0. The highest BCUT2D eigenvalue weighted by Crippen LogP contribution is 1.76. The molecule has 0 aromatic heterocycles. The molecule has 0 unspecified atom stereocenters. The molecule has 0 radical (unpaired) electrons. The van der Waals surface area contributed by atoms with Crippen LogP contribution in [0.1, 0.15) is 26.7 Å². The summed E-state index contributed by atoms with van der Waals surface area (Å²) in [5.41, 5.74) is 0. The third kappa shape index (κ3) is 282. The average molecular weight is 120 g/mol. The van der Waals surface area contributed by atoms with Gasteiger partial charge in [-0.05, 0) is 0 Å². The van der Waals surface area contributed by atoms with Crippen molar-refractivity contribution in [2.24, 2.45) is 0 Å². The predicted molar refractivity (Wildman–Crippen MR) is 41.9 cm³/mol. The first-order chi connectivity index (χ1) is 2.91. The van der Waals surface area contributed by atoms with E-state index in [1.165, 1.54) is 12.8 Å². The molecule has 0 aliphatic heterocycles. The van der Waals surface area contributed by atoms with Crippen molar-refractivity contribution in [2.75, 3.05) is 0 Å². The molecule has 0 spiro atoms. The quantitative estimate of drug-likeness (QED) is 0.522. The summed E-state index contributed by atoms with van der Waals surface area (Å²) in [4.78, 5) is 0. The Morgan fingerprint density at radius 3 is 1.00 bits per heavy atom. The van der Waals surface area contributed by atoms with E-state index in [1.54, 1.807) is 0 Å². The molecular formula is C6H20N2. The zero-order valence-electron chi connectivity index (χ0n) is 6.24.